The molecular formula is C16H25N7O2S. The molecule has 1 saturated carbocycles. The van der Waals surface area contributed by atoms with Gasteiger partial charge in [-0.25, -0.2) is 0 Å². The number of azide groups is 1. The van der Waals surface area contributed by atoms with E-state index in [1.807, 2.05) is 0 Å². The number of thioether (sulfide) groups is 1. The normalized spacial score (nSPS) is 33.8. The van der Waals surface area contributed by atoms with E-state index in [9.17, 15) is 9.59 Å². The number of carbonyl (C=O) groups is 2. The zero-order chi connectivity index (χ0) is 18.8. The predicted octanol–water partition coefficient (Wildman–Crippen LogP) is 0.866. The van der Waals surface area contributed by atoms with Gasteiger partial charge in [0.2, 0.25) is 5.91 Å². The Morgan fingerprint density at radius 1 is 1.38 bits per heavy atom. The number of rotatable bonds is 4. The molecule has 10 heteroatoms. The number of carbonyl (C=O) groups excluding carboxylic acids is 2. The Bertz CT molecular complexity index is 661. The Kier molecular flexibility index (Phi) is 5.74. The summed E-state index contributed by atoms with van der Waals surface area (Å²) in [5.41, 5.74) is 8.82. The Morgan fingerprint density at radius 3 is 2.81 bits per heavy atom. The highest BCUT2D eigenvalue weighted by molar-refractivity contribution is 8.16. The van der Waals surface area contributed by atoms with Crippen LogP contribution in [0, 0.1) is 5.92 Å². The smallest absolute Gasteiger partial charge is 0.276 e. The third-order valence-electron chi connectivity index (χ3n) is 5.28. The highest BCUT2D eigenvalue weighted by Gasteiger charge is 2.41. The lowest BCUT2D eigenvalue weighted by Crippen LogP contribution is -2.50. The lowest BCUT2D eigenvalue weighted by atomic mass is 9.82. The zero-order valence-corrected chi connectivity index (χ0v) is 16.1. The van der Waals surface area contributed by atoms with E-state index in [2.05, 4.69) is 32.3 Å². The number of fused-ring (bicyclic) bond motifs is 1. The molecule has 0 spiro atoms. The molecule has 0 bridgehead atoms. The number of amides is 2. The Labute approximate surface area is 157 Å². The van der Waals surface area contributed by atoms with Gasteiger partial charge in [-0.3, -0.25) is 14.6 Å². The minimum absolute atomic E-state index is 0.0498. The van der Waals surface area contributed by atoms with E-state index in [-0.39, 0.29) is 35.9 Å². The maximum Gasteiger partial charge on any atom is 0.276 e. The number of aliphatic imine (C=N–C) groups is 1. The predicted molar refractivity (Wildman–Crippen MR) is 101 cm³/mol. The van der Waals surface area contributed by atoms with Gasteiger partial charge in [-0.1, -0.05) is 16.9 Å². The van der Waals surface area contributed by atoms with Crippen molar-refractivity contribution in [2.24, 2.45) is 16.0 Å². The summed E-state index contributed by atoms with van der Waals surface area (Å²) in [4.78, 5) is 36.2. The van der Waals surface area contributed by atoms with Gasteiger partial charge >= 0.3 is 0 Å². The summed E-state index contributed by atoms with van der Waals surface area (Å²) in [6, 6.07) is -0.492. The van der Waals surface area contributed by atoms with Crippen LogP contribution in [-0.2, 0) is 9.59 Å². The topological polar surface area (TPSA) is 114 Å². The van der Waals surface area contributed by atoms with Crippen molar-refractivity contribution in [1.82, 2.24) is 15.1 Å². The van der Waals surface area contributed by atoms with Crippen molar-refractivity contribution >= 4 is 28.6 Å². The fourth-order valence-corrected chi connectivity index (χ4v) is 5.23. The van der Waals surface area contributed by atoms with Crippen LogP contribution in [0.15, 0.2) is 10.1 Å². The van der Waals surface area contributed by atoms with Gasteiger partial charge in [0.15, 0.2) is 5.04 Å². The van der Waals surface area contributed by atoms with E-state index in [1.165, 1.54) is 11.8 Å². The molecule has 5 atom stereocenters. The lowest BCUT2D eigenvalue weighted by Gasteiger charge is -2.34. The van der Waals surface area contributed by atoms with Crippen molar-refractivity contribution in [3.63, 3.8) is 0 Å². The molecule has 0 radical (unpaired) electrons. The maximum atomic E-state index is 12.7. The van der Waals surface area contributed by atoms with Crippen molar-refractivity contribution in [3.05, 3.63) is 10.4 Å². The summed E-state index contributed by atoms with van der Waals surface area (Å²) in [6.07, 6.45) is 1.74. The number of nitrogens with zero attached hydrogens (tertiary/aromatic N) is 6. The Balaban J connectivity index is 1.66. The molecule has 26 heavy (non-hydrogen) atoms. The summed E-state index contributed by atoms with van der Waals surface area (Å²) in [6.45, 7) is 1.80. The molecule has 142 valence electrons. The highest BCUT2D eigenvalue weighted by Crippen LogP contribution is 2.33. The molecule has 3 aliphatic rings. The average molecular weight is 379 g/mol. The van der Waals surface area contributed by atoms with Crippen LogP contribution in [-0.4, -0.2) is 84.3 Å². The van der Waals surface area contributed by atoms with Crippen LogP contribution in [0.5, 0.6) is 0 Å². The number of nitrogens with one attached hydrogen (secondary N) is 1. The molecule has 9 nitrogen and oxygen atoms in total. The van der Waals surface area contributed by atoms with Crippen LogP contribution < -0.4 is 5.32 Å². The van der Waals surface area contributed by atoms with E-state index >= 15 is 0 Å². The highest BCUT2D eigenvalue weighted by atomic mass is 32.2. The first-order valence-electron chi connectivity index (χ1n) is 8.88. The van der Waals surface area contributed by atoms with E-state index in [0.29, 0.717) is 29.6 Å². The third-order valence-corrected chi connectivity index (χ3v) is 6.56. The van der Waals surface area contributed by atoms with Crippen LogP contribution in [0.2, 0.25) is 0 Å². The van der Waals surface area contributed by atoms with Crippen molar-refractivity contribution in [2.75, 3.05) is 34.2 Å². The second kappa shape index (κ2) is 7.85. The molecule has 1 N–H and O–H groups in total. The van der Waals surface area contributed by atoms with Crippen LogP contribution >= 0.6 is 11.8 Å². The minimum Gasteiger partial charge on any atom is -0.349 e. The maximum absolute atomic E-state index is 12.7. The first-order valence-corrected chi connectivity index (χ1v) is 9.76. The molecule has 0 aromatic heterocycles. The van der Waals surface area contributed by atoms with Gasteiger partial charge in [0.05, 0.1) is 12.1 Å². The van der Waals surface area contributed by atoms with Crippen LogP contribution in [0.3, 0.4) is 0 Å². The molecule has 1 aliphatic carbocycles. The lowest BCUT2D eigenvalue weighted by molar-refractivity contribution is -0.134. The summed E-state index contributed by atoms with van der Waals surface area (Å²) < 4.78 is 0. The van der Waals surface area contributed by atoms with Crippen LogP contribution in [0.25, 0.3) is 10.4 Å². The number of likely N-dealkylation sites (tertiary alicyclic amines) is 1. The zero-order valence-electron chi connectivity index (χ0n) is 15.3. The number of hydrogen-bond acceptors (Lipinski definition) is 6. The quantitative estimate of drug-likeness (QED) is 0.443. The molecular weight excluding hydrogens is 354 g/mol. The van der Waals surface area contributed by atoms with Crippen molar-refractivity contribution in [1.29, 1.82) is 0 Å². The second-order valence-electron chi connectivity index (χ2n) is 7.47. The van der Waals surface area contributed by atoms with Gasteiger partial charge < -0.3 is 15.1 Å². The standard InChI is InChI=1S/C16H25N7O2S/c1-22(2)16(25)9-4-5-10(20-21-17)11(6-9)18-14(24)15-19-12-7-23(3)8-13(12)26-15/h9-13H,4-8H2,1-3H3,(H,18,24)/t9-,10-,11+,12?,13?/m0/s1. The van der Waals surface area contributed by atoms with Crippen LogP contribution in [0.4, 0.5) is 0 Å². The van der Waals surface area contributed by atoms with Crippen molar-refractivity contribution in [3.8, 4) is 0 Å². The van der Waals surface area contributed by atoms with Gasteiger partial charge in [-0.05, 0) is 31.8 Å². The molecule has 0 aromatic carbocycles. The molecule has 0 aromatic rings. The molecule has 2 amide bonds. The molecule has 2 heterocycles. The SMILES string of the molecule is CN1CC2N=C(C(=O)N[C@@H]3C[C@@H](C(=O)N(C)C)CC[C@@H]3N=[N+]=[N-])SC2C1. The van der Waals surface area contributed by atoms with Crippen molar-refractivity contribution < 1.29 is 9.59 Å². The molecule has 2 unspecified atom stereocenters. The van der Waals surface area contributed by atoms with Gasteiger partial charge in [-0.2, -0.15) is 0 Å². The Morgan fingerprint density at radius 2 is 2.15 bits per heavy atom. The fourth-order valence-electron chi connectivity index (χ4n) is 3.95. The third kappa shape index (κ3) is 3.97. The fraction of sp³-hybridized carbons (Fsp3) is 0.812. The summed E-state index contributed by atoms with van der Waals surface area (Å²) in [7, 11) is 5.52. The van der Waals surface area contributed by atoms with Crippen molar-refractivity contribution in [2.45, 2.75) is 42.6 Å². The Hall–Kier alpha value is -1.77. The van der Waals surface area contributed by atoms with Crippen LogP contribution in [0.1, 0.15) is 19.3 Å². The van der Waals surface area contributed by atoms with E-state index < -0.39 is 0 Å². The van der Waals surface area contributed by atoms with Gasteiger partial charge in [-0.15, -0.1) is 0 Å². The molecule has 1 saturated heterocycles. The molecule has 2 aliphatic heterocycles. The number of likely N-dealkylation sites (N-methyl/N-ethyl adjacent to an activating group) is 1. The number of hydrogen-bond donors (Lipinski definition) is 1. The van der Waals surface area contributed by atoms with Gasteiger partial charge in [0.25, 0.3) is 5.91 Å². The largest absolute Gasteiger partial charge is 0.349 e. The van der Waals surface area contributed by atoms with E-state index in [1.54, 1.807) is 19.0 Å². The van der Waals surface area contributed by atoms with E-state index in [0.717, 1.165) is 13.1 Å². The summed E-state index contributed by atoms with van der Waals surface area (Å²) >= 11 is 1.53. The monoisotopic (exact) mass is 379 g/mol. The van der Waals surface area contributed by atoms with Gasteiger partial charge in [0.1, 0.15) is 0 Å². The first-order chi connectivity index (χ1) is 12.4. The summed E-state index contributed by atoms with van der Waals surface area (Å²) in [5.74, 6) is -0.325. The van der Waals surface area contributed by atoms with E-state index in [4.69, 9.17) is 5.53 Å². The average Bonchev–Trinajstić information content (AvgIpc) is 3.13. The minimum atomic E-state index is -0.340. The second-order valence-corrected chi connectivity index (χ2v) is 8.70. The molecule has 2 fully saturated rings. The van der Waals surface area contributed by atoms with Gasteiger partial charge in [0, 0.05) is 49.3 Å². The molecule has 3 rings (SSSR count). The summed E-state index contributed by atoms with van der Waals surface area (Å²) in [5, 5.41) is 7.66. The first kappa shape index (κ1) is 19.0.